The van der Waals surface area contributed by atoms with Crippen LogP contribution >= 0.6 is 0 Å². The molecule has 3 N–H and O–H groups in total. The number of benzene rings is 2. The van der Waals surface area contributed by atoms with Crippen LogP contribution in [0.1, 0.15) is 41.6 Å². The van der Waals surface area contributed by atoms with Crippen LogP contribution in [0.4, 0.5) is 11.4 Å². The third kappa shape index (κ3) is 4.75. The Morgan fingerprint density at radius 2 is 1.82 bits per heavy atom. The van der Waals surface area contributed by atoms with Crippen LogP contribution in [0.3, 0.4) is 0 Å². The first-order valence-corrected chi connectivity index (χ1v) is 9.10. The minimum atomic E-state index is -0.904. The number of ether oxygens (including phenoxy) is 1. The lowest BCUT2D eigenvalue weighted by molar-refractivity contribution is -0.138. The zero-order valence-electron chi connectivity index (χ0n) is 15.5. The van der Waals surface area contributed by atoms with Gasteiger partial charge in [0, 0.05) is 23.5 Å². The summed E-state index contributed by atoms with van der Waals surface area (Å²) in [6.45, 7) is 2.19. The lowest BCUT2D eigenvalue weighted by atomic mass is 10.0. The van der Waals surface area contributed by atoms with E-state index in [1.165, 1.54) is 0 Å². The summed E-state index contributed by atoms with van der Waals surface area (Å²) < 4.78 is 5.36. The highest BCUT2D eigenvalue weighted by molar-refractivity contribution is 6.05. The van der Waals surface area contributed by atoms with Gasteiger partial charge in [-0.3, -0.25) is 14.4 Å². The van der Waals surface area contributed by atoms with Crippen molar-refractivity contribution in [1.82, 2.24) is 0 Å². The highest BCUT2D eigenvalue weighted by Gasteiger charge is 2.23. The molecule has 2 unspecified atom stereocenters. The molecular formula is C21H22N2O5. The van der Waals surface area contributed by atoms with E-state index in [2.05, 4.69) is 10.6 Å². The largest absolute Gasteiger partial charge is 0.481 e. The van der Waals surface area contributed by atoms with Crippen molar-refractivity contribution in [3.05, 3.63) is 59.7 Å². The number of anilines is 2. The van der Waals surface area contributed by atoms with E-state index in [4.69, 9.17) is 9.84 Å². The maximum Gasteiger partial charge on any atom is 0.310 e. The molecule has 0 bridgehead atoms. The van der Waals surface area contributed by atoms with E-state index in [-0.39, 0.29) is 11.8 Å². The third-order valence-corrected chi connectivity index (χ3v) is 4.65. The van der Waals surface area contributed by atoms with Crippen LogP contribution in [0.15, 0.2) is 48.5 Å². The van der Waals surface area contributed by atoms with Gasteiger partial charge in [0.05, 0.1) is 5.92 Å². The zero-order chi connectivity index (χ0) is 20.1. The Kier molecular flexibility index (Phi) is 6.06. The van der Waals surface area contributed by atoms with Gasteiger partial charge in [-0.25, -0.2) is 0 Å². The van der Waals surface area contributed by atoms with E-state index in [9.17, 15) is 14.4 Å². The summed E-state index contributed by atoms with van der Waals surface area (Å²) in [5.74, 6) is -2.06. The molecule has 0 radical (unpaired) electrons. The number of hydrogen-bond donors (Lipinski definition) is 3. The quantitative estimate of drug-likeness (QED) is 0.711. The molecule has 0 aliphatic carbocycles. The van der Waals surface area contributed by atoms with Gasteiger partial charge in [-0.15, -0.1) is 0 Å². The van der Waals surface area contributed by atoms with E-state index < -0.39 is 18.0 Å². The fourth-order valence-electron chi connectivity index (χ4n) is 2.95. The standard InChI is InChI=1S/C21H22N2O5/c1-13(21(26)27)14-7-9-16(10-8-14)22-19(24)15-4-2-5-17(12-15)23-20(25)18-6-3-11-28-18/h2,4-5,7-10,12-13,18H,3,6,11H2,1H3,(H,22,24)(H,23,25)(H,26,27). The molecule has 2 atom stereocenters. The van der Waals surface area contributed by atoms with Crippen molar-refractivity contribution in [3.63, 3.8) is 0 Å². The molecule has 146 valence electrons. The summed E-state index contributed by atoms with van der Waals surface area (Å²) in [7, 11) is 0. The maximum atomic E-state index is 12.5. The smallest absolute Gasteiger partial charge is 0.310 e. The second-order valence-corrected chi connectivity index (χ2v) is 6.71. The number of carboxylic acid groups (broad SMARTS) is 1. The van der Waals surface area contributed by atoms with E-state index >= 15 is 0 Å². The van der Waals surface area contributed by atoms with Crippen molar-refractivity contribution in [2.45, 2.75) is 31.8 Å². The van der Waals surface area contributed by atoms with Gasteiger partial charge in [-0.05, 0) is 55.7 Å². The van der Waals surface area contributed by atoms with Crippen molar-refractivity contribution in [2.75, 3.05) is 17.2 Å². The topological polar surface area (TPSA) is 105 Å². The summed E-state index contributed by atoms with van der Waals surface area (Å²) >= 11 is 0. The number of carbonyl (C=O) groups excluding carboxylic acids is 2. The highest BCUT2D eigenvalue weighted by atomic mass is 16.5. The Morgan fingerprint density at radius 1 is 1.07 bits per heavy atom. The highest BCUT2D eigenvalue weighted by Crippen LogP contribution is 2.20. The molecule has 1 saturated heterocycles. The molecule has 7 nitrogen and oxygen atoms in total. The van der Waals surface area contributed by atoms with Crippen molar-refractivity contribution >= 4 is 29.2 Å². The molecular weight excluding hydrogens is 360 g/mol. The molecule has 1 aliphatic rings. The van der Waals surface area contributed by atoms with Crippen LogP contribution in [0.25, 0.3) is 0 Å². The van der Waals surface area contributed by atoms with Crippen LogP contribution in [-0.4, -0.2) is 35.6 Å². The Labute approximate surface area is 162 Å². The molecule has 0 saturated carbocycles. The monoisotopic (exact) mass is 382 g/mol. The van der Waals surface area contributed by atoms with Crippen molar-refractivity contribution in [2.24, 2.45) is 0 Å². The summed E-state index contributed by atoms with van der Waals surface area (Å²) in [5.41, 5.74) is 2.14. The average molecular weight is 382 g/mol. The Morgan fingerprint density at radius 3 is 2.46 bits per heavy atom. The minimum absolute atomic E-state index is 0.210. The van der Waals surface area contributed by atoms with Crippen molar-refractivity contribution in [1.29, 1.82) is 0 Å². The number of nitrogens with one attached hydrogen (secondary N) is 2. The fourth-order valence-corrected chi connectivity index (χ4v) is 2.95. The SMILES string of the molecule is CC(C(=O)O)c1ccc(NC(=O)c2cccc(NC(=O)C3CCCO3)c2)cc1. The van der Waals surface area contributed by atoms with Crippen LogP contribution < -0.4 is 10.6 Å². The van der Waals surface area contributed by atoms with Gasteiger partial charge in [0.25, 0.3) is 11.8 Å². The molecule has 1 fully saturated rings. The molecule has 3 rings (SSSR count). The number of aliphatic carboxylic acids is 1. The molecule has 7 heteroatoms. The van der Waals surface area contributed by atoms with Crippen LogP contribution in [0.2, 0.25) is 0 Å². The summed E-state index contributed by atoms with van der Waals surface area (Å²) in [4.78, 5) is 35.7. The fraction of sp³-hybridized carbons (Fsp3) is 0.286. The van der Waals surface area contributed by atoms with Gasteiger partial charge in [0.1, 0.15) is 6.10 Å². The molecule has 2 aromatic rings. The summed E-state index contributed by atoms with van der Waals surface area (Å²) in [6.07, 6.45) is 1.12. The van der Waals surface area contributed by atoms with E-state index in [0.717, 1.165) is 6.42 Å². The molecule has 0 aromatic heterocycles. The third-order valence-electron chi connectivity index (χ3n) is 4.65. The van der Waals surface area contributed by atoms with Gasteiger partial charge < -0.3 is 20.5 Å². The lowest BCUT2D eigenvalue weighted by Crippen LogP contribution is -2.27. The molecule has 28 heavy (non-hydrogen) atoms. The van der Waals surface area contributed by atoms with Gasteiger partial charge in [-0.1, -0.05) is 18.2 Å². The first-order valence-electron chi connectivity index (χ1n) is 9.10. The van der Waals surface area contributed by atoms with Gasteiger partial charge in [-0.2, -0.15) is 0 Å². The molecule has 2 amide bonds. The maximum absolute atomic E-state index is 12.5. The van der Waals surface area contributed by atoms with E-state index in [0.29, 0.717) is 35.5 Å². The number of rotatable bonds is 6. The number of amides is 2. The minimum Gasteiger partial charge on any atom is -0.481 e. The lowest BCUT2D eigenvalue weighted by Gasteiger charge is -2.12. The van der Waals surface area contributed by atoms with E-state index in [1.807, 2.05) is 0 Å². The predicted molar refractivity (Wildman–Crippen MR) is 104 cm³/mol. The molecule has 0 spiro atoms. The van der Waals surface area contributed by atoms with Crippen molar-refractivity contribution in [3.8, 4) is 0 Å². The Bertz CT molecular complexity index is 873. The van der Waals surface area contributed by atoms with E-state index in [1.54, 1.807) is 55.5 Å². The number of hydrogen-bond acceptors (Lipinski definition) is 4. The normalized spacial score (nSPS) is 17.0. The van der Waals surface area contributed by atoms with Gasteiger partial charge >= 0.3 is 5.97 Å². The van der Waals surface area contributed by atoms with Crippen LogP contribution in [0.5, 0.6) is 0 Å². The molecule has 1 aliphatic heterocycles. The first-order chi connectivity index (χ1) is 13.4. The van der Waals surface area contributed by atoms with Crippen molar-refractivity contribution < 1.29 is 24.2 Å². The van der Waals surface area contributed by atoms with Crippen LogP contribution in [0, 0.1) is 0 Å². The molecule has 1 heterocycles. The number of carboxylic acids is 1. The van der Waals surface area contributed by atoms with Gasteiger partial charge in [0.2, 0.25) is 0 Å². The second-order valence-electron chi connectivity index (χ2n) is 6.71. The summed E-state index contributed by atoms with van der Waals surface area (Å²) in [6, 6.07) is 13.3. The summed E-state index contributed by atoms with van der Waals surface area (Å²) in [5, 5.41) is 14.6. The zero-order valence-corrected chi connectivity index (χ0v) is 15.5. The molecule has 2 aromatic carbocycles. The van der Waals surface area contributed by atoms with Crippen LogP contribution in [-0.2, 0) is 14.3 Å². The first kappa shape index (κ1) is 19.6. The number of carbonyl (C=O) groups is 3. The Hall–Kier alpha value is -3.19. The van der Waals surface area contributed by atoms with Gasteiger partial charge in [0.15, 0.2) is 0 Å². The second kappa shape index (κ2) is 8.67. The predicted octanol–water partition coefficient (Wildman–Crippen LogP) is 3.24. The Balaban J connectivity index is 1.64. The average Bonchev–Trinajstić information content (AvgIpc) is 3.23.